The smallest absolute Gasteiger partial charge is 0.307 e. The maximum atomic E-state index is 11.5. The number of aromatic nitrogens is 1. The third-order valence-corrected chi connectivity index (χ3v) is 3.24. The van der Waals surface area contributed by atoms with Crippen molar-refractivity contribution in [1.29, 1.82) is 0 Å². The SMILES string of the molecule is COc1ccccc1CC(Cc1ccncc1)C(=O)O. The molecule has 2 rings (SSSR count). The summed E-state index contributed by atoms with van der Waals surface area (Å²) in [6, 6.07) is 11.2. The molecule has 0 saturated heterocycles. The van der Waals surface area contributed by atoms with Crippen LogP contribution in [-0.4, -0.2) is 23.2 Å². The highest BCUT2D eigenvalue weighted by atomic mass is 16.5. The molecule has 0 saturated carbocycles. The van der Waals surface area contributed by atoms with Crippen LogP contribution in [0.15, 0.2) is 48.8 Å². The van der Waals surface area contributed by atoms with Gasteiger partial charge in [-0.3, -0.25) is 9.78 Å². The molecule has 0 bridgehead atoms. The summed E-state index contributed by atoms with van der Waals surface area (Å²) in [5.74, 6) is -0.546. The van der Waals surface area contributed by atoms with Gasteiger partial charge < -0.3 is 9.84 Å². The number of rotatable bonds is 6. The van der Waals surface area contributed by atoms with E-state index in [4.69, 9.17) is 4.74 Å². The number of carboxylic acids is 1. The number of aliphatic carboxylic acids is 1. The largest absolute Gasteiger partial charge is 0.496 e. The van der Waals surface area contributed by atoms with Gasteiger partial charge in [-0.1, -0.05) is 18.2 Å². The first-order valence-electron chi connectivity index (χ1n) is 6.44. The molecular weight excluding hydrogens is 254 g/mol. The topological polar surface area (TPSA) is 59.4 Å². The van der Waals surface area contributed by atoms with E-state index in [9.17, 15) is 9.90 Å². The van der Waals surface area contributed by atoms with Crippen LogP contribution in [0.5, 0.6) is 5.75 Å². The van der Waals surface area contributed by atoms with Crippen LogP contribution in [0.25, 0.3) is 0 Å². The summed E-state index contributed by atoms with van der Waals surface area (Å²) in [5.41, 5.74) is 1.89. The lowest BCUT2D eigenvalue weighted by Gasteiger charge is -2.14. The van der Waals surface area contributed by atoms with Crippen LogP contribution in [0, 0.1) is 5.92 Å². The summed E-state index contributed by atoms with van der Waals surface area (Å²) in [6.07, 6.45) is 4.28. The number of hydrogen-bond acceptors (Lipinski definition) is 3. The summed E-state index contributed by atoms with van der Waals surface area (Å²) in [5, 5.41) is 9.40. The zero-order valence-corrected chi connectivity index (χ0v) is 11.3. The Balaban J connectivity index is 2.16. The Hall–Kier alpha value is -2.36. The van der Waals surface area contributed by atoms with Crippen molar-refractivity contribution in [1.82, 2.24) is 4.98 Å². The van der Waals surface area contributed by atoms with Gasteiger partial charge in [-0.05, 0) is 42.2 Å². The summed E-state index contributed by atoms with van der Waals surface area (Å²) in [4.78, 5) is 15.4. The van der Waals surface area contributed by atoms with Crippen molar-refractivity contribution >= 4 is 5.97 Å². The fraction of sp³-hybridized carbons (Fsp3) is 0.250. The van der Waals surface area contributed by atoms with Gasteiger partial charge in [0.25, 0.3) is 0 Å². The number of hydrogen-bond donors (Lipinski definition) is 1. The van der Waals surface area contributed by atoms with Gasteiger partial charge in [0.1, 0.15) is 5.75 Å². The molecule has 2 aromatic rings. The molecule has 0 aliphatic heterocycles. The Morgan fingerprint density at radius 3 is 2.55 bits per heavy atom. The first-order chi connectivity index (χ1) is 9.70. The molecule has 0 aliphatic carbocycles. The standard InChI is InChI=1S/C16H17NO3/c1-20-15-5-3-2-4-13(15)11-14(16(18)19)10-12-6-8-17-9-7-12/h2-9,14H,10-11H2,1H3,(H,18,19). The molecule has 1 atom stereocenters. The van der Waals surface area contributed by atoms with Crippen LogP contribution in [0.1, 0.15) is 11.1 Å². The zero-order valence-electron chi connectivity index (χ0n) is 11.3. The van der Waals surface area contributed by atoms with Gasteiger partial charge in [-0.2, -0.15) is 0 Å². The number of ether oxygens (including phenoxy) is 1. The van der Waals surface area contributed by atoms with Crippen molar-refractivity contribution in [2.75, 3.05) is 7.11 Å². The van der Waals surface area contributed by atoms with Crippen molar-refractivity contribution < 1.29 is 14.6 Å². The minimum Gasteiger partial charge on any atom is -0.496 e. The van der Waals surface area contributed by atoms with Crippen LogP contribution in [0.2, 0.25) is 0 Å². The normalized spacial score (nSPS) is 11.8. The van der Waals surface area contributed by atoms with Crippen LogP contribution in [0.4, 0.5) is 0 Å². The van der Waals surface area contributed by atoms with E-state index >= 15 is 0 Å². The van der Waals surface area contributed by atoms with Crippen molar-refractivity contribution in [3.05, 3.63) is 59.9 Å². The van der Waals surface area contributed by atoms with Crippen LogP contribution >= 0.6 is 0 Å². The number of methoxy groups -OCH3 is 1. The van der Waals surface area contributed by atoms with E-state index in [1.807, 2.05) is 36.4 Å². The lowest BCUT2D eigenvalue weighted by molar-refractivity contribution is -0.141. The summed E-state index contributed by atoms with van der Waals surface area (Å²) in [7, 11) is 1.59. The van der Waals surface area contributed by atoms with Crippen LogP contribution < -0.4 is 4.74 Å². The summed E-state index contributed by atoms with van der Waals surface area (Å²) >= 11 is 0. The van der Waals surface area contributed by atoms with Gasteiger partial charge >= 0.3 is 5.97 Å². The van der Waals surface area contributed by atoms with Gasteiger partial charge in [0.15, 0.2) is 0 Å². The molecule has 1 aromatic carbocycles. The van der Waals surface area contributed by atoms with E-state index in [1.165, 1.54) is 0 Å². The Labute approximate surface area is 118 Å². The van der Waals surface area contributed by atoms with Gasteiger partial charge in [-0.15, -0.1) is 0 Å². The molecule has 0 aliphatic rings. The number of pyridine rings is 1. The maximum absolute atomic E-state index is 11.5. The average molecular weight is 271 g/mol. The lowest BCUT2D eigenvalue weighted by atomic mass is 9.92. The van der Waals surface area contributed by atoms with Gasteiger partial charge in [0, 0.05) is 12.4 Å². The quantitative estimate of drug-likeness (QED) is 0.877. The first-order valence-corrected chi connectivity index (χ1v) is 6.44. The predicted molar refractivity (Wildman–Crippen MR) is 75.8 cm³/mol. The monoisotopic (exact) mass is 271 g/mol. The third-order valence-electron chi connectivity index (χ3n) is 3.24. The fourth-order valence-corrected chi connectivity index (χ4v) is 2.19. The second kappa shape index (κ2) is 6.70. The number of nitrogens with zero attached hydrogens (tertiary/aromatic N) is 1. The van der Waals surface area contributed by atoms with Crippen LogP contribution in [0.3, 0.4) is 0 Å². The zero-order chi connectivity index (χ0) is 14.4. The van der Waals surface area contributed by atoms with Gasteiger partial charge in [-0.25, -0.2) is 0 Å². The Kier molecular flexibility index (Phi) is 4.71. The molecule has 4 nitrogen and oxygen atoms in total. The maximum Gasteiger partial charge on any atom is 0.307 e. The van der Waals surface area contributed by atoms with E-state index in [1.54, 1.807) is 19.5 Å². The third kappa shape index (κ3) is 3.57. The molecule has 104 valence electrons. The predicted octanol–water partition coefficient (Wildman–Crippen LogP) is 2.58. The highest BCUT2D eigenvalue weighted by Crippen LogP contribution is 2.23. The van der Waals surface area contributed by atoms with Gasteiger partial charge in [0.2, 0.25) is 0 Å². The van der Waals surface area contributed by atoms with Gasteiger partial charge in [0.05, 0.1) is 13.0 Å². The molecule has 0 radical (unpaired) electrons. The minimum atomic E-state index is -0.798. The molecule has 1 unspecified atom stereocenters. The molecule has 1 heterocycles. The van der Waals surface area contributed by atoms with E-state index in [-0.39, 0.29) is 0 Å². The highest BCUT2D eigenvalue weighted by Gasteiger charge is 2.20. The summed E-state index contributed by atoms with van der Waals surface area (Å²) in [6.45, 7) is 0. The fourth-order valence-electron chi connectivity index (χ4n) is 2.19. The molecule has 20 heavy (non-hydrogen) atoms. The Bertz CT molecular complexity index is 569. The number of carboxylic acid groups (broad SMARTS) is 1. The number of para-hydroxylation sites is 1. The van der Waals surface area contributed by atoms with E-state index in [2.05, 4.69) is 4.98 Å². The molecule has 4 heteroatoms. The number of carbonyl (C=O) groups is 1. The molecule has 0 spiro atoms. The minimum absolute atomic E-state index is 0.446. The van der Waals surface area contributed by atoms with Crippen molar-refractivity contribution in [3.8, 4) is 5.75 Å². The van der Waals surface area contributed by atoms with E-state index < -0.39 is 11.9 Å². The highest BCUT2D eigenvalue weighted by molar-refractivity contribution is 5.71. The van der Waals surface area contributed by atoms with E-state index in [0.29, 0.717) is 12.8 Å². The van der Waals surface area contributed by atoms with Crippen molar-refractivity contribution in [2.45, 2.75) is 12.8 Å². The Morgan fingerprint density at radius 1 is 1.20 bits per heavy atom. The van der Waals surface area contributed by atoms with E-state index in [0.717, 1.165) is 16.9 Å². The summed E-state index contributed by atoms with van der Waals surface area (Å²) < 4.78 is 5.27. The number of benzene rings is 1. The molecule has 1 N–H and O–H groups in total. The molecule has 1 aromatic heterocycles. The first kappa shape index (κ1) is 14.1. The van der Waals surface area contributed by atoms with Crippen LogP contribution in [-0.2, 0) is 17.6 Å². The van der Waals surface area contributed by atoms with Crippen molar-refractivity contribution in [3.63, 3.8) is 0 Å². The Morgan fingerprint density at radius 2 is 1.90 bits per heavy atom. The van der Waals surface area contributed by atoms with Crippen molar-refractivity contribution in [2.24, 2.45) is 5.92 Å². The second-order valence-electron chi connectivity index (χ2n) is 4.61. The molecule has 0 fully saturated rings. The lowest BCUT2D eigenvalue weighted by Crippen LogP contribution is -2.19. The molecular formula is C16H17NO3. The second-order valence-corrected chi connectivity index (χ2v) is 4.61. The average Bonchev–Trinajstić information content (AvgIpc) is 2.48. The molecule has 0 amide bonds.